The Morgan fingerprint density at radius 1 is 1.23 bits per heavy atom. The summed E-state index contributed by atoms with van der Waals surface area (Å²) in [5.41, 5.74) is -0.571. The van der Waals surface area contributed by atoms with Gasteiger partial charge in [-0.2, -0.15) is 5.10 Å². The smallest absolute Gasteiger partial charge is 0.341 e. The van der Waals surface area contributed by atoms with Crippen LogP contribution in [0.1, 0.15) is 35.5 Å². The number of carboxylic acid groups (broad SMARTS) is 1. The number of aryl methyl sites for hydroxylation is 1. The number of aromatic carboxylic acids is 1. The molecule has 0 amide bonds. The van der Waals surface area contributed by atoms with E-state index in [9.17, 15) is 18.4 Å². The van der Waals surface area contributed by atoms with Crippen molar-refractivity contribution in [2.75, 3.05) is 0 Å². The van der Waals surface area contributed by atoms with E-state index in [-0.39, 0.29) is 6.54 Å². The van der Waals surface area contributed by atoms with E-state index in [1.165, 1.54) is 13.0 Å². The summed E-state index contributed by atoms with van der Waals surface area (Å²) in [5.74, 6) is -3.40. The summed E-state index contributed by atoms with van der Waals surface area (Å²) >= 11 is 0. The van der Waals surface area contributed by atoms with Gasteiger partial charge < -0.3 is 5.11 Å². The van der Waals surface area contributed by atoms with Gasteiger partial charge in [0.1, 0.15) is 5.56 Å². The fraction of sp³-hybridized carbons (Fsp3) is 0.267. The third kappa shape index (κ3) is 3.97. The Bertz CT molecular complexity index is 742. The maximum Gasteiger partial charge on any atom is 0.341 e. The predicted molar refractivity (Wildman–Crippen MR) is 77.0 cm³/mol. The average molecular weight is 310 g/mol. The third-order valence-electron chi connectivity index (χ3n) is 2.64. The van der Waals surface area contributed by atoms with Crippen LogP contribution >= 0.6 is 0 Å². The zero-order valence-corrected chi connectivity index (χ0v) is 12.4. The maximum atomic E-state index is 13.1. The molecule has 118 valence electrons. The molecule has 0 fully saturated rings. The van der Waals surface area contributed by atoms with E-state index in [0.717, 1.165) is 22.9 Å². The molecule has 0 unspecified atom stereocenters. The van der Waals surface area contributed by atoms with E-state index >= 15 is 0 Å². The van der Waals surface area contributed by atoms with Crippen molar-refractivity contribution >= 4 is 5.97 Å². The van der Waals surface area contributed by atoms with E-state index in [1.807, 2.05) is 13.8 Å². The molecule has 1 aromatic carbocycles. The second-order valence-electron chi connectivity index (χ2n) is 4.22. The minimum Gasteiger partial charge on any atom is -0.477 e. The lowest BCUT2D eigenvalue weighted by Gasteiger charge is -2.07. The lowest BCUT2D eigenvalue weighted by molar-refractivity contribution is 0.0693. The van der Waals surface area contributed by atoms with Crippen molar-refractivity contribution in [1.82, 2.24) is 9.78 Å². The van der Waals surface area contributed by atoms with Gasteiger partial charge in [-0.25, -0.2) is 18.3 Å². The second kappa shape index (κ2) is 7.44. The standard InChI is InChI=1S/C13H10F2N2O3.C2H6/c1-7-4-9(13(19)20)12(18)17(16-7)6-8-2-3-10(14)11(15)5-8;1-2/h2-5H,6H2,1H3,(H,19,20);1-2H3. The summed E-state index contributed by atoms with van der Waals surface area (Å²) in [5, 5.41) is 12.8. The van der Waals surface area contributed by atoms with Crippen LogP contribution in [0, 0.1) is 18.6 Å². The lowest BCUT2D eigenvalue weighted by atomic mass is 10.2. The number of hydrogen-bond acceptors (Lipinski definition) is 3. The summed E-state index contributed by atoms with van der Waals surface area (Å²) in [6.45, 7) is 5.39. The number of carbonyl (C=O) groups is 1. The Balaban J connectivity index is 0.00000116. The molecule has 0 aliphatic carbocycles. The fourth-order valence-electron chi connectivity index (χ4n) is 1.75. The molecule has 5 nitrogen and oxygen atoms in total. The molecular weight excluding hydrogens is 294 g/mol. The maximum absolute atomic E-state index is 13.1. The highest BCUT2D eigenvalue weighted by atomic mass is 19.2. The first-order valence-electron chi connectivity index (χ1n) is 6.64. The predicted octanol–water partition coefficient (Wildman–Crippen LogP) is 2.60. The van der Waals surface area contributed by atoms with E-state index in [2.05, 4.69) is 5.10 Å². The van der Waals surface area contributed by atoms with Crippen LogP contribution in [0.25, 0.3) is 0 Å². The van der Waals surface area contributed by atoms with Gasteiger partial charge in [-0.15, -0.1) is 0 Å². The molecule has 0 bridgehead atoms. The number of hydrogen-bond donors (Lipinski definition) is 1. The second-order valence-corrected chi connectivity index (χ2v) is 4.22. The largest absolute Gasteiger partial charge is 0.477 e. The first-order chi connectivity index (χ1) is 10.4. The van der Waals surface area contributed by atoms with Gasteiger partial charge in [-0.05, 0) is 30.7 Å². The Labute approximate surface area is 125 Å². The highest BCUT2D eigenvalue weighted by molar-refractivity contribution is 5.87. The van der Waals surface area contributed by atoms with Crippen LogP contribution in [0.4, 0.5) is 8.78 Å². The van der Waals surface area contributed by atoms with Crippen LogP contribution in [0.3, 0.4) is 0 Å². The summed E-state index contributed by atoms with van der Waals surface area (Å²) < 4.78 is 26.8. The zero-order chi connectivity index (χ0) is 16.9. The summed E-state index contributed by atoms with van der Waals surface area (Å²) in [6, 6.07) is 4.33. The van der Waals surface area contributed by atoms with Gasteiger partial charge in [-0.3, -0.25) is 4.79 Å². The molecule has 22 heavy (non-hydrogen) atoms. The molecule has 0 aliphatic heterocycles. The Hall–Kier alpha value is -2.57. The number of nitrogens with zero attached hydrogens (tertiary/aromatic N) is 2. The summed E-state index contributed by atoms with van der Waals surface area (Å²) in [6.07, 6.45) is 0. The first-order valence-corrected chi connectivity index (χ1v) is 6.64. The van der Waals surface area contributed by atoms with Crippen LogP contribution in [0.2, 0.25) is 0 Å². The number of aromatic nitrogens is 2. The van der Waals surface area contributed by atoms with Crippen molar-refractivity contribution in [3.05, 3.63) is 63.1 Å². The first kappa shape index (κ1) is 17.5. The number of carboxylic acids is 1. The summed E-state index contributed by atoms with van der Waals surface area (Å²) in [7, 11) is 0. The van der Waals surface area contributed by atoms with Crippen LogP contribution < -0.4 is 5.56 Å². The molecule has 0 saturated heterocycles. The molecule has 0 radical (unpaired) electrons. The van der Waals surface area contributed by atoms with Crippen LogP contribution in [-0.2, 0) is 6.54 Å². The Kier molecular flexibility index (Phi) is 5.91. The molecule has 1 N–H and O–H groups in total. The fourth-order valence-corrected chi connectivity index (χ4v) is 1.75. The number of benzene rings is 1. The molecule has 0 atom stereocenters. The van der Waals surface area contributed by atoms with E-state index < -0.39 is 28.7 Å². The van der Waals surface area contributed by atoms with Gasteiger partial charge in [0.2, 0.25) is 0 Å². The molecule has 0 saturated carbocycles. The van der Waals surface area contributed by atoms with Crippen LogP contribution in [0.5, 0.6) is 0 Å². The van der Waals surface area contributed by atoms with Crippen molar-refractivity contribution < 1.29 is 18.7 Å². The van der Waals surface area contributed by atoms with E-state index in [1.54, 1.807) is 0 Å². The van der Waals surface area contributed by atoms with Gasteiger partial charge >= 0.3 is 5.97 Å². The van der Waals surface area contributed by atoms with Crippen LogP contribution in [-0.4, -0.2) is 20.9 Å². The van der Waals surface area contributed by atoms with Crippen LogP contribution in [0.15, 0.2) is 29.1 Å². The molecular formula is C15H16F2N2O3. The number of halogens is 2. The topological polar surface area (TPSA) is 72.2 Å². The quantitative estimate of drug-likeness (QED) is 0.946. The van der Waals surface area contributed by atoms with Crippen molar-refractivity contribution in [3.8, 4) is 0 Å². The van der Waals surface area contributed by atoms with Gasteiger partial charge in [0, 0.05) is 0 Å². The lowest BCUT2D eigenvalue weighted by Crippen LogP contribution is -2.29. The minimum absolute atomic E-state index is 0.141. The number of rotatable bonds is 3. The molecule has 2 rings (SSSR count). The van der Waals surface area contributed by atoms with Crippen molar-refractivity contribution in [2.24, 2.45) is 0 Å². The van der Waals surface area contributed by atoms with Crippen molar-refractivity contribution in [1.29, 1.82) is 0 Å². The molecule has 0 spiro atoms. The highest BCUT2D eigenvalue weighted by Gasteiger charge is 2.13. The summed E-state index contributed by atoms with van der Waals surface area (Å²) in [4.78, 5) is 22.8. The SMILES string of the molecule is CC.Cc1cc(C(=O)O)c(=O)n(Cc2ccc(F)c(F)c2)n1. The van der Waals surface area contributed by atoms with Gasteiger partial charge in [-0.1, -0.05) is 19.9 Å². The third-order valence-corrected chi connectivity index (χ3v) is 2.64. The molecule has 2 aromatic rings. The van der Waals surface area contributed by atoms with E-state index in [0.29, 0.717) is 11.3 Å². The van der Waals surface area contributed by atoms with Gasteiger partial charge in [0.25, 0.3) is 5.56 Å². The molecule has 7 heteroatoms. The average Bonchev–Trinajstić information content (AvgIpc) is 2.48. The Morgan fingerprint density at radius 2 is 1.86 bits per heavy atom. The molecule has 1 aromatic heterocycles. The monoisotopic (exact) mass is 310 g/mol. The minimum atomic E-state index is -1.36. The van der Waals surface area contributed by atoms with Crippen molar-refractivity contribution in [2.45, 2.75) is 27.3 Å². The zero-order valence-electron chi connectivity index (χ0n) is 12.4. The van der Waals surface area contributed by atoms with Gasteiger partial charge in [0.05, 0.1) is 12.2 Å². The van der Waals surface area contributed by atoms with Crippen molar-refractivity contribution in [3.63, 3.8) is 0 Å². The Morgan fingerprint density at radius 3 is 2.41 bits per heavy atom. The molecule has 0 aliphatic rings. The van der Waals surface area contributed by atoms with Gasteiger partial charge in [0.15, 0.2) is 11.6 Å². The highest BCUT2D eigenvalue weighted by Crippen LogP contribution is 2.09. The molecule has 1 heterocycles. The normalized spacial score (nSPS) is 9.86. The van der Waals surface area contributed by atoms with E-state index in [4.69, 9.17) is 5.11 Å².